The van der Waals surface area contributed by atoms with Crippen LogP contribution in [0.4, 0.5) is 5.69 Å². The Bertz CT molecular complexity index is 429. The van der Waals surface area contributed by atoms with Crippen LogP contribution in [-0.2, 0) is 0 Å². The highest BCUT2D eigenvalue weighted by Gasteiger charge is 2.10. The van der Waals surface area contributed by atoms with Gasteiger partial charge in [-0.15, -0.1) is 0 Å². The van der Waals surface area contributed by atoms with Gasteiger partial charge in [0, 0.05) is 6.54 Å². The van der Waals surface area contributed by atoms with E-state index in [0.29, 0.717) is 16.6 Å². The Hall–Kier alpha value is -0.930. The van der Waals surface area contributed by atoms with Crippen molar-refractivity contribution in [3.8, 4) is 0 Å². The Morgan fingerprint density at radius 2 is 2.25 bits per heavy atom. The van der Waals surface area contributed by atoms with Crippen LogP contribution in [0.3, 0.4) is 0 Å². The molecule has 5 heteroatoms. The second-order valence-corrected chi connectivity index (χ2v) is 4.45. The Kier molecular flexibility index (Phi) is 3.56. The number of amidine groups is 1. The molecule has 0 atom stereocenters. The summed E-state index contributed by atoms with van der Waals surface area (Å²) in [6.45, 7) is 4.33. The van der Waals surface area contributed by atoms with Gasteiger partial charge in [-0.2, -0.15) is 0 Å². The van der Waals surface area contributed by atoms with Crippen molar-refractivity contribution in [1.29, 1.82) is 0 Å². The molecule has 0 amide bonds. The van der Waals surface area contributed by atoms with Crippen LogP contribution in [0.15, 0.2) is 17.1 Å². The predicted molar refractivity (Wildman–Crippen MR) is 70.0 cm³/mol. The maximum absolute atomic E-state index is 6.18. The van der Waals surface area contributed by atoms with Crippen LogP contribution in [0.1, 0.15) is 5.56 Å². The molecule has 0 saturated carbocycles. The summed E-state index contributed by atoms with van der Waals surface area (Å²) in [7, 11) is 0. The molecule has 0 spiro atoms. The maximum atomic E-state index is 6.18. The molecule has 3 nitrogen and oxygen atoms in total. The number of aliphatic imine (C=N–C) groups is 1. The van der Waals surface area contributed by atoms with Gasteiger partial charge >= 0.3 is 0 Å². The molecular weight excluding hydrogens is 245 g/mol. The first kappa shape index (κ1) is 11.6. The second-order valence-electron chi connectivity index (χ2n) is 3.66. The van der Waals surface area contributed by atoms with Crippen molar-refractivity contribution in [3.05, 3.63) is 27.7 Å². The molecule has 0 radical (unpaired) electrons. The van der Waals surface area contributed by atoms with Gasteiger partial charge in [0.15, 0.2) is 0 Å². The van der Waals surface area contributed by atoms with Gasteiger partial charge in [-0.1, -0.05) is 29.3 Å². The zero-order chi connectivity index (χ0) is 11.5. The zero-order valence-electron chi connectivity index (χ0n) is 8.98. The monoisotopic (exact) mass is 257 g/mol. The van der Waals surface area contributed by atoms with E-state index in [0.717, 1.165) is 30.2 Å². The Balaban J connectivity index is 2.11. The average molecular weight is 258 g/mol. The molecular formula is C11H13Cl2N3. The van der Waals surface area contributed by atoms with E-state index in [1.54, 1.807) is 0 Å². The highest BCUT2D eigenvalue weighted by Crippen LogP contribution is 2.32. The predicted octanol–water partition coefficient (Wildman–Crippen LogP) is 2.72. The van der Waals surface area contributed by atoms with Gasteiger partial charge in [-0.25, -0.2) is 0 Å². The first-order valence-electron chi connectivity index (χ1n) is 5.14. The smallest absolute Gasteiger partial charge is 0.116 e. The zero-order valence-corrected chi connectivity index (χ0v) is 10.5. The number of rotatable bonds is 3. The van der Waals surface area contributed by atoms with Crippen molar-refractivity contribution >= 4 is 34.7 Å². The van der Waals surface area contributed by atoms with Gasteiger partial charge in [0.1, 0.15) is 5.84 Å². The molecule has 1 heterocycles. The Morgan fingerprint density at radius 1 is 1.44 bits per heavy atom. The fourth-order valence-electron chi connectivity index (χ4n) is 1.56. The lowest BCUT2D eigenvalue weighted by molar-refractivity contribution is 0.956. The lowest BCUT2D eigenvalue weighted by Crippen LogP contribution is -2.26. The van der Waals surface area contributed by atoms with E-state index in [2.05, 4.69) is 15.6 Å². The van der Waals surface area contributed by atoms with E-state index in [1.807, 2.05) is 19.1 Å². The number of hydrogen-bond donors (Lipinski definition) is 2. The average Bonchev–Trinajstić information content (AvgIpc) is 2.77. The number of benzene rings is 1. The summed E-state index contributed by atoms with van der Waals surface area (Å²) < 4.78 is 0. The molecule has 2 rings (SSSR count). The molecule has 1 aromatic rings. The topological polar surface area (TPSA) is 36.4 Å². The van der Waals surface area contributed by atoms with Crippen molar-refractivity contribution < 1.29 is 0 Å². The quantitative estimate of drug-likeness (QED) is 0.874. The maximum Gasteiger partial charge on any atom is 0.116 e. The molecule has 0 aliphatic carbocycles. The second kappa shape index (κ2) is 4.93. The number of nitrogens with zero attached hydrogens (tertiary/aromatic N) is 1. The van der Waals surface area contributed by atoms with Gasteiger partial charge in [0.2, 0.25) is 0 Å². The van der Waals surface area contributed by atoms with Crippen LogP contribution >= 0.6 is 23.2 Å². The summed E-state index contributed by atoms with van der Waals surface area (Å²) in [5.41, 5.74) is 1.79. The molecule has 0 aromatic heterocycles. The van der Waals surface area contributed by atoms with Crippen molar-refractivity contribution in [1.82, 2.24) is 5.32 Å². The van der Waals surface area contributed by atoms with E-state index in [9.17, 15) is 0 Å². The van der Waals surface area contributed by atoms with E-state index in [4.69, 9.17) is 23.2 Å². The fraction of sp³-hybridized carbons (Fsp3) is 0.364. The van der Waals surface area contributed by atoms with Crippen LogP contribution in [0.5, 0.6) is 0 Å². The van der Waals surface area contributed by atoms with Crippen LogP contribution < -0.4 is 10.6 Å². The van der Waals surface area contributed by atoms with Crippen molar-refractivity contribution in [2.75, 3.05) is 25.0 Å². The molecule has 1 aromatic carbocycles. The van der Waals surface area contributed by atoms with Gasteiger partial charge in [0.25, 0.3) is 0 Å². The molecule has 0 saturated heterocycles. The molecule has 0 fully saturated rings. The van der Waals surface area contributed by atoms with Crippen LogP contribution in [0.25, 0.3) is 0 Å². The lowest BCUT2D eigenvalue weighted by Gasteiger charge is -2.12. The molecule has 1 aliphatic heterocycles. The standard InChI is InChI=1S/C11H13Cl2N3/c1-7-2-3-8(12)11(10(7)13)16-6-9-14-4-5-15-9/h2-3,16H,4-6H2,1H3,(H,14,15). The molecule has 86 valence electrons. The first-order chi connectivity index (χ1) is 7.68. The van der Waals surface area contributed by atoms with Gasteiger partial charge in [0.05, 0.1) is 28.8 Å². The minimum atomic E-state index is 0.628. The normalized spacial score (nSPS) is 14.6. The molecule has 2 N–H and O–H groups in total. The first-order valence-corrected chi connectivity index (χ1v) is 5.90. The number of anilines is 1. The van der Waals surface area contributed by atoms with Gasteiger partial charge in [-0.3, -0.25) is 4.99 Å². The van der Waals surface area contributed by atoms with Gasteiger partial charge in [-0.05, 0) is 18.6 Å². The van der Waals surface area contributed by atoms with Gasteiger partial charge < -0.3 is 10.6 Å². The van der Waals surface area contributed by atoms with E-state index in [1.165, 1.54) is 0 Å². The summed E-state index contributed by atoms with van der Waals surface area (Å²) >= 11 is 12.3. The minimum absolute atomic E-state index is 0.628. The molecule has 0 bridgehead atoms. The highest BCUT2D eigenvalue weighted by molar-refractivity contribution is 6.39. The van der Waals surface area contributed by atoms with E-state index >= 15 is 0 Å². The Morgan fingerprint density at radius 3 is 2.94 bits per heavy atom. The van der Waals surface area contributed by atoms with Crippen LogP contribution in [0.2, 0.25) is 10.0 Å². The molecule has 1 aliphatic rings. The summed E-state index contributed by atoms with van der Waals surface area (Å²) in [4.78, 5) is 4.29. The minimum Gasteiger partial charge on any atom is -0.375 e. The van der Waals surface area contributed by atoms with Crippen molar-refractivity contribution in [3.63, 3.8) is 0 Å². The molecule has 16 heavy (non-hydrogen) atoms. The van der Waals surface area contributed by atoms with Crippen LogP contribution in [-0.4, -0.2) is 25.5 Å². The van der Waals surface area contributed by atoms with Crippen LogP contribution in [0, 0.1) is 6.92 Å². The van der Waals surface area contributed by atoms with E-state index < -0.39 is 0 Å². The summed E-state index contributed by atoms with van der Waals surface area (Å²) in [6, 6.07) is 3.75. The number of halogens is 2. The largest absolute Gasteiger partial charge is 0.375 e. The number of aryl methyl sites for hydroxylation is 1. The lowest BCUT2D eigenvalue weighted by atomic mass is 10.2. The highest BCUT2D eigenvalue weighted by atomic mass is 35.5. The number of nitrogens with one attached hydrogen (secondary N) is 2. The van der Waals surface area contributed by atoms with Crippen molar-refractivity contribution in [2.45, 2.75) is 6.92 Å². The molecule has 0 unspecified atom stereocenters. The fourth-order valence-corrected chi connectivity index (χ4v) is 2.06. The van der Waals surface area contributed by atoms with E-state index in [-0.39, 0.29) is 0 Å². The third-order valence-electron chi connectivity index (χ3n) is 2.46. The van der Waals surface area contributed by atoms with Crippen molar-refractivity contribution in [2.24, 2.45) is 4.99 Å². The summed E-state index contributed by atoms with van der Waals surface area (Å²) in [5, 5.41) is 7.69. The number of hydrogen-bond acceptors (Lipinski definition) is 3. The third kappa shape index (κ3) is 2.42. The SMILES string of the molecule is Cc1ccc(Cl)c(NCC2=NCCN2)c1Cl. The third-order valence-corrected chi connectivity index (χ3v) is 3.26. The summed E-state index contributed by atoms with van der Waals surface area (Å²) in [6.07, 6.45) is 0. The summed E-state index contributed by atoms with van der Waals surface area (Å²) in [5.74, 6) is 0.952. The Labute approximate surface area is 105 Å².